The van der Waals surface area contributed by atoms with Crippen molar-refractivity contribution in [1.29, 1.82) is 0 Å². The van der Waals surface area contributed by atoms with Crippen LogP contribution in [0.3, 0.4) is 0 Å². The van der Waals surface area contributed by atoms with E-state index in [9.17, 15) is 4.79 Å². The van der Waals surface area contributed by atoms with Crippen LogP contribution in [0.2, 0.25) is 0 Å². The largest absolute Gasteiger partial charge is 0.465 e. The van der Waals surface area contributed by atoms with Gasteiger partial charge in [-0.3, -0.25) is 9.99 Å². The van der Waals surface area contributed by atoms with Crippen LogP contribution >= 0.6 is 0 Å². The molecule has 2 heterocycles. The Kier molecular flexibility index (Phi) is 2.95. The first-order valence-corrected chi connectivity index (χ1v) is 5.21. The van der Waals surface area contributed by atoms with Crippen molar-refractivity contribution in [3.63, 3.8) is 0 Å². The van der Waals surface area contributed by atoms with Gasteiger partial charge in [0.05, 0.1) is 18.7 Å². The summed E-state index contributed by atoms with van der Waals surface area (Å²) in [6, 6.07) is 1.59. The molecule has 0 amide bonds. The molecule has 0 bridgehead atoms. The number of methoxy groups -OCH3 is 1. The number of nitrogen functional groups attached to an aromatic ring is 1. The molecule has 2 N–H and O–H groups in total. The third kappa shape index (κ3) is 2.06. The van der Waals surface area contributed by atoms with Gasteiger partial charge < -0.3 is 10.5 Å². The molecule has 1 unspecified atom stereocenters. The van der Waals surface area contributed by atoms with E-state index in [1.165, 1.54) is 7.11 Å². The first-order valence-electron chi connectivity index (χ1n) is 5.21. The molecule has 6 heteroatoms. The molecule has 1 aromatic heterocycles. The van der Waals surface area contributed by atoms with Gasteiger partial charge in [-0.05, 0) is 6.07 Å². The molecular formula is C11H14N4O2. The molecule has 90 valence electrons. The van der Waals surface area contributed by atoms with Crippen LogP contribution in [0.4, 0.5) is 5.69 Å². The van der Waals surface area contributed by atoms with Crippen molar-refractivity contribution >= 4 is 17.9 Å². The molecule has 0 spiro atoms. The maximum atomic E-state index is 11.7. The van der Waals surface area contributed by atoms with Crippen LogP contribution in [0.1, 0.15) is 22.0 Å². The Bertz CT molecular complexity index is 473. The lowest BCUT2D eigenvalue weighted by molar-refractivity contribution is 0.0600. The number of carbonyl (C=O) groups excluding carboxylic acids is 1. The Morgan fingerprint density at radius 1 is 1.65 bits per heavy atom. The highest BCUT2D eigenvalue weighted by molar-refractivity contribution is 5.97. The standard InChI is InChI=1S/C11H14N4O2/c1-15-6-7(5-14-15)10-9(11(16)17-2)8(12)3-4-13-10/h3-5,7H,6H2,1-2H3,(H2,12,13). The maximum Gasteiger partial charge on any atom is 0.341 e. The molecule has 17 heavy (non-hydrogen) atoms. The summed E-state index contributed by atoms with van der Waals surface area (Å²) in [6.07, 6.45) is 3.34. The summed E-state index contributed by atoms with van der Waals surface area (Å²) in [7, 11) is 3.19. The van der Waals surface area contributed by atoms with Gasteiger partial charge in [0.1, 0.15) is 5.56 Å². The minimum absolute atomic E-state index is 0.0300. The van der Waals surface area contributed by atoms with Crippen molar-refractivity contribution in [2.75, 3.05) is 26.4 Å². The second kappa shape index (κ2) is 4.40. The van der Waals surface area contributed by atoms with Crippen molar-refractivity contribution in [2.24, 2.45) is 5.10 Å². The second-order valence-electron chi connectivity index (χ2n) is 3.86. The normalized spacial score (nSPS) is 18.5. The third-order valence-electron chi connectivity index (χ3n) is 2.66. The maximum absolute atomic E-state index is 11.7. The number of pyridine rings is 1. The Morgan fingerprint density at radius 3 is 3.00 bits per heavy atom. The summed E-state index contributed by atoms with van der Waals surface area (Å²) >= 11 is 0. The fourth-order valence-electron chi connectivity index (χ4n) is 1.83. The number of hydrogen-bond donors (Lipinski definition) is 1. The number of likely N-dealkylation sites (N-methyl/N-ethyl adjacent to an activating group) is 1. The SMILES string of the molecule is COC(=O)c1c(N)ccnc1C1C=NN(C)C1. The first-order chi connectivity index (χ1) is 8.13. The van der Waals surface area contributed by atoms with Gasteiger partial charge in [0, 0.05) is 31.7 Å². The Hall–Kier alpha value is -2.11. The quantitative estimate of drug-likeness (QED) is 0.752. The molecule has 0 fully saturated rings. The van der Waals surface area contributed by atoms with Crippen molar-refractivity contribution in [1.82, 2.24) is 9.99 Å². The van der Waals surface area contributed by atoms with Crippen molar-refractivity contribution in [2.45, 2.75) is 5.92 Å². The molecule has 1 aliphatic rings. The summed E-state index contributed by atoms with van der Waals surface area (Å²) in [4.78, 5) is 15.9. The number of carbonyl (C=O) groups is 1. The zero-order chi connectivity index (χ0) is 12.4. The third-order valence-corrected chi connectivity index (χ3v) is 2.66. The van der Waals surface area contributed by atoms with Crippen LogP contribution in [-0.2, 0) is 4.74 Å². The van der Waals surface area contributed by atoms with E-state index in [0.29, 0.717) is 23.5 Å². The highest BCUT2D eigenvalue weighted by Gasteiger charge is 2.26. The van der Waals surface area contributed by atoms with Gasteiger partial charge in [-0.25, -0.2) is 4.79 Å². The number of aromatic nitrogens is 1. The van der Waals surface area contributed by atoms with Crippen LogP contribution in [0.25, 0.3) is 0 Å². The average Bonchev–Trinajstić information content (AvgIpc) is 2.74. The number of hydrazone groups is 1. The Morgan fingerprint density at radius 2 is 2.41 bits per heavy atom. The summed E-state index contributed by atoms with van der Waals surface area (Å²) in [6.45, 7) is 0.681. The number of anilines is 1. The number of hydrogen-bond acceptors (Lipinski definition) is 6. The van der Waals surface area contributed by atoms with Crippen LogP contribution in [0.15, 0.2) is 17.4 Å². The first kappa shape index (κ1) is 11.4. The molecule has 0 aliphatic carbocycles. The predicted molar refractivity (Wildman–Crippen MR) is 63.9 cm³/mol. The van der Waals surface area contributed by atoms with E-state index in [0.717, 1.165) is 0 Å². The number of esters is 1. The van der Waals surface area contributed by atoms with Crippen molar-refractivity contribution in [3.05, 3.63) is 23.5 Å². The average molecular weight is 234 g/mol. The topological polar surface area (TPSA) is 80.8 Å². The van der Waals surface area contributed by atoms with E-state index in [1.54, 1.807) is 23.5 Å². The van der Waals surface area contributed by atoms with E-state index in [1.807, 2.05) is 7.05 Å². The van der Waals surface area contributed by atoms with Gasteiger partial charge in [-0.1, -0.05) is 0 Å². The number of nitrogens with two attached hydrogens (primary N) is 1. The molecule has 1 aliphatic heterocycles. The summed E-state index contributed by atoms with van der Waals surface area (Å²) in [5, 5.41) is 5.91. The zero-order valence-electron chi connectivity index (χ0n) is 9.75. The fourth-order valence-corrected chi connectivity index (χ4v) is 1.83. The van der Waals surface area contributed by atoms with Crippen LogP contribution in [-0.4, -0.2) is 42.9 Å². The Balaban J connectivity index is 2.43. The van der Waals surface area contributed by atoms with E-state index in [2.05, 4.69) is 10.1 Å². The van der Waals surface area contributed by atoms with Gasteiger partial charge in [-0.2, -0.15) is 5.10 Å². The van der Waals surface area contributed by atoms with E-state index < -0.39 is 5.97 Å². The predicted octanol–water partition coefficient (Wildman–Crippen LogP) is 0.465. The number of nitrogens with zero attached hydrogens (tertiary/aromatic N) is 3. The van der Waals surface area contributed by atoms with Gasteiger partial charge in [0.15, 0.2) is 0 Å². The zero-order valence-corrected chi connectivity index (χ0v) is 9.75. The van der Waals surface area contributed by atoms with Gasteiger partial charge in [0.25, 0.3) is 0 Å². The van der Waals surface area contributed by atoms with E-state index in [4.69, 9.17) is 10.5 Å². The summed E-state index contributed by atoms with van der Waals surface area (Å²) < 4.78 is 4.73. The van der Waals surface area contributed by atoms with Crippen LogP contribution < -0.4 is 5.73 Å². The number of rotatable bonds is 2. The monoisotopic (exact) mass is 234 g/mol. The molecule has 6 nitrogen and oxygen atoms in total. The van der Waals surface area contributed by atoms with E-state index in [-0.39, 0.29) is 5.92 Å². The molecule has 0 saturated carbocycles. The van der Waals surface area contributed by atoms with Crippen molar-refractivity contribution < 1.29 is 9.53 Å². The van der Waals surface area contributed by atoms with Crippen LogP contribution in [0.5, 0.6) is 0 Å². The number of ether oxygens (including phenoxy) is 1. The second-order valence-corrected chi connectivity index (χ2v) is 3.86. The molecule has 0 radical (unpaired) electrons. The fraction of sp³-hybridized carbons (Fsp3) is 0.364. The lowest BCUT2D eigenvalue weighted by atomic mass is 10.0. The van der Waals surface area contributed by atoms with Crippen LogP contribution in [0, 0.1) is 0 Å². The lowest BCUT2D eigenvalue weighted by Crippen LogP contribution is -2.18. The lowest BCUT2D eigenvalue weighted by Gasteiger charge is -2.14. The smallest absolute Gasteiger partial charge is 0.341 e. The molecule has 2 rings (SSSR count). The molecule has 1 aromatic rings. The summed E-state index contributed by atoms with van der Waals surface area (Å²) in [5.41, 5.74) is 7.13. The van der Waals surface area contributed by atoms with Gasteiger partial charge in [-0.15, -0.1) is 0 Å². The van der Waals surface area contributed by atoms with Gasteiger partial charge in [0.2, 0.25) is 0 Å². The van der Waals surface area contributed by atoms with Gasteiger partial charge >= 0.3 is 5.97 Å². The van der Waals surface area contributed by atoms with Crippen molar-refractivity contribution in [3.8, 4) is 0 Å². The molecular weight excluding hydrogens is 220 g/mol. The minimum Gasteiger partial charge on any atom is -0.465 e. The Labute approximate surface area is 99.1 Å². The highest BCUT2D eigenvalue weighted by Crippen LogP contribution is 2.25. The summed E-state index contributed by atoms with van der Waals surface area (Å²) in [5.74, 6) is -0.494. The molecule has 0 saturated heterocycles. The minimum atomic E-state index is -0.464. The highest BCUT2D eigenvalue weighted by atomic mass is 16.5. The molecule has 0 aromatic carbocycles. The molecule has 1 atom stereocenters. The van der Waals surface area contributed by atoms with E-state index >= 15 is 0 Å².